The van der Waals surface area contributed by atoms with Gasteiger partial charge in [0.05, 0.1) is 12.1 Å². The van der Waals surface area contributed by atoms with Crippen LogP contribution in [0.25, 0.3) is 0 Å². The number of halogens is 1. The van der Waals surface area contributed by atoms with Crippen LogP contribution in [0.1, 0.15) is 21.6 Å². The molecule has 0 aliphatic carbocycles. The van der Waals surface area contributed by atoms with Crippen LogP contribution in [0.5, 0.6) is 0 Å². The fourth-order valence-corrected chi connectivity index (χ4v) is 1.51. The molecule has 1 aromatic carbocycles. The van der Waals surface area contributed by atoms with Gasteiger partial charge in [0.2, 0.25) is 0 Å². The first-order valence-electron chi connectivity index (χ1n) is 5.77. The van der Waals surface area contributed by atoms with Crippen LogP contribution in [0.2, 0.25) is 0 Å². The maximum absolute atomic E-state index is 13.8. The smallest absolute Gasteiger partial charge is 0.254 e. The quantitative estimate of drug-likeness (QED) is 0.821. The standard InChI is InChI=1S/C14H11FN2O3/c15-13-8-10(2-1-6-18)3-4-12(13)14(19)16-9-11-5-7-20-17-11/h3-5,7-8,18H,6,9H2,(H,16,19). The van der Waals surface area contributed by atoms with Gasteiger partial charge in [-0.15, -0.1) is 0 Å². The molecule has 0 saturated carbocycles. The zero-order valence-electron chi connectivity index (χ0n) is 10.4. The lowest BCUT2D eigenvalue weighted by Crippen LogP contribution is -2.24. The predicted octanol–water partition coefficient (Wildman–Crippen LogP) is 1.09. The van der Waals surface area contributed by atoms with E-state index in [1.54, 1.807) is 6.07 Å². The van der Waals surface area contributed by atoms with Crippen LogP contribution < -0.4 is 5.32 Å². The van der Waals surface area contributed by atoms with Gasteiger partial charge in [-0.2, -0.15) is 0 Å². The molecule has 20 heavy (non-hydrogen) atoms. The van der Waals surface area contributed by atoms with Crippen LogP contribution in [0, 0.1) is 17.7 Å². The van der Waals surface area contributed by atoms with E-state index >= 15 is 0 Å². The number of amides is 1. The van der Waals surface area contributed by atoms with E-state index in [0.717, 1.165) is 6.07 Å². The number of nitrogens with zero attached hydrogens (tertiary/aromatic N) is 1. The van der Waals surface area contributed by atoms with Gasteiger partial charge in [0.15, 0.2) is 0 Å². The number of aromatic nitrogens is 1. The molecule has 1 aromatic heterocycles. The van der Waals surface area contributed by atoms with Gasteiger partial charge in [-0.05, 0) is 18.2 Å². The lowest BCUT2D eigenvalue weighted by atomic mass is 10.1. The van der Waals surface area contributed by atoms with E-state index in [2.05, 4.69) is 26.8 Å². The Morgan fingerprint density at radius 3 is 2.95 bits per heavy atom. The molecule has 0 aliphatic rings. The van der Waals surface area contributed by atoms with Crippen LogP contribution in [0.15, 0.2) is 35.1 Å². The molecule has 0 spiro atoms. The summed E-state index contributed by atoms with van der Waals surface area (Å²) in [5.74, 6) is 3.74. The summed E-state index contributed by atoms with van der Waals surface area (Å²) in [6.07, 6.45) is 1.39. The topological polar surface area (TPSA) is 75.4 Å². The van der Waals surface area contributed by atoms with Crippen molar-refractivity contribution >= 4 is 5.91 Å². The van der Waals surface area contributed by atoms with Gasteiger partial charge in [-0.1, -0.05) is 17.0 Å². The first-order chi connectivity index (χ1) is 9.70. The molecule has 0 bridgehead atoms. The Morgan fingerprint density at radius 1 is 1.45 bits per heavy atom. The van der Waals surface area contributed by atoms with Crippen LogP contribution in [0.4, 0.5) is 4.39 Å². The highest BCUT2D eigenvalue weighted by atomic mass is 19.1. The predicted molar refractivity (Wildman–Crippen MR) is 68.0 cm³/mol. The number of aliphatic hydroxyl groups is 1. The highest BCUT2D eigenvalue weighted by Gasteiger charge is 2.12. The molecular weight excluding hydrogens is 263 g/mol. The van der Waals surface area contributed by atoms with Crippen molar-refractivity contribution in [3.63, 3.8) is 0 Å². The molecule has 2 N–H and O–H groups in total. The third kappa shape index (κ3) is 3.43. The molecule has 2 aromatic rings. The van der Waals surface area contributed by atoms with E-state index < -0.39 is 11.7 Å². The Bertz CT molecular complexity index is 657. The van der Waals surface area contributed by atoms with E-state index in [-0.39, 0.29) is 18.7 Å². The molecule has 0 saturated heterocycles. The summed E-state index contributed by atoms with van der Waals surface area (Å²) >= 11 is 0. The number of hydrogen-bond donors (Lipinski definition) is 2. The summed E-state index contributed by atoms with van der Waals surface area (Å²) in [5, 5.41) is 14.7. The summed E-state index contributed by atoms with van der Waals surface area (Å²) in [5.41, 5.74) is 0.858. The lowest BCUT2D eigenvalue weighted by Gasteiger charge is -2.04. The Labute approximate surface area is 114 Å². The van der Waals surface area contributed by atoms with Crippen molar-refractivity contribution in [2.45, 2.75) is 6.54 Å². The van der Waals surface area contributed by atoms with Crippen molar-refractivity contribution in [1.82, 2.24) is 10.5 Å². The van der Waals surface area contributed by atoms with Gasteiger partial charge in [0.1, 0.15) is 24.4 Å². The zero-order valence-corrected chi connectivity index (χ0v) is 10.4. The van der Waals surface area contributed by atoms with Gasteiger partial charge in [-0.25, -0.2) is 4.39 Å². The Hall–Kier alpha value is -2.65. The third-order valence-corrected chi connectivity index (χ3v) is 2.45. The minimum atomic E-state index is -0.674. The normalized spacial score (nSPS) is 9.70. The average Bonchev–Trinajstić information content (AvgIpc) is 2.96. The average molecular weight is 274 g/mol. The maximum Gasteiger partial charge on any atom is 0.254 e. The van der Waals surface area contributed by atoms with Crippen molar-refractivity contribution in [3.05, 3.63) is 53.2 Å². The first kappa shape index (κ1) is 13.8. The van der Waals surface area contributed by atoms with E-state index in [1.165, 1.54) is 18.4 Å². The van der Waals surface area contributed by atoms with E-state index in [9.17, 15) is 9.18 Å². The first-order valence-corrected chi connectivity index (χ1v) is 5.77. The van der Waals surface area contributed by atoms with Crippen molar-refractivity contribution in [3.8, 4) is 11.8 Å². The van der Waals surface area contributed by atoms with Crippen molar-refractivity contribution < 1.29 is 18.8 Å². The number of carbonyl (C=O) groups excluding carboxylic acids is 1. The second-order valence-electron chi connectivity index (χ2n) is 3.83. The van der Waals surface area contributed by atoms with Gasteiger partial charge in [0.25, 0.3) is 5.91 Å². The Morgan fingerprint density at radius 2 is 2.30 bits per heavy atom. The number of rotatable bonds is 3. The molecule has 0 atom stereocenters. The molecule has 0 aliphatic heterocycles. The van der Waals surface area contributed by atoms with Gasteiger partial charge < -0.3 is 14.9 Å². The minimum Gasteiger partial charge on any atom is -0.384 e. The Kier molecular flexibility index (Phi) is 4.47. The lowest BCUT2D eigenvalue weighted by molar-refractivity contribution is 0.0946. The fourth-order valence-electron chi connectivity index (χ4n) is 1.51. The molecule has 2 rings (SSSR count). The summed E-state index contributed by atoms with van der Waals surface area (Å²) < 4.78 is 18.4. The molecule has 1 amide bonds. The van der Waals surface area contributed by atoms with Crippen molar-refractivity contribution in [2.24, 2.45) is 0 Å². The highest BCUT2D eigenvalue weighted by Crippen LogP contribution is 2.10. The van der Waals surface area contributed by atoms with E-state index in [0.29, 0.717) is 11.3 Å². The number of benzene rings is 1. The maximum atomic E-state index is 13.8. The molecular formula is C14H11FN2O3. The van der Waals surface area contributed by atoms with Gasteiger partial charge in [0, 0.05) is 11.6 Å². The van der Waals surface area contributed by atoms with Crippen molar-refractivity contribution in [1.29, 1.82) is 0 Å². The molecule has 0 radical (unpaired) electrons. The van der Waals surface area contributed by atoms with Crippen LogP contribution >= 0.6 is 0 Å². The van der Waals surface area contributed by atoms with E-state index in [1.807, 2.05) is 0 Å². The molecule has 6 heteroatoms. The second-order valence-corrected chi connectivity index (χ2v) is 3.83. The van der Waals surface area contributed by atoms with Crippen LogP contribution in [-0.4, -0.2) is 22.8 Å². The molecule has 102 valence electrons. The summed E-state index contributed by atoms with van der Waals surface area (Å²) in [6, 6.07) is 5.60. The highest BCUT2D eigenvalue weighted by molar-refractivity contribution is 5.94. The molecule has 1 heterocycles. The van der Waals surface area contributed by atoms with Crippen LogP contribution in [0.3, 0.4) is 0 Å². The monoisotopic (exact) mass is 274 g/mol. The zero-order chi connectivity index (χ0) is 14.4. The Balaban J connectivity index is 2.06. The number of aliphatic hydroxyl groups excluding tert-OH is 1. The van der Waals surface area contributed by atoms with Crippen LogP contribution in [-0.2, 0) is 6.54 Å². The molecule has 0 fully saturated rings. The number of hydrogen-bond acceptors (Lipinski definition) is 4. The van der Waals surface area contributed by atoms with Gasteiger partial charge in [-0.3, -0.25) is 4.79 Å². The van der Waals surface area contributed by atoms with E-state index in [4.69, 9.17) is 5.11 Å². The second kappa shape index (κ2) is 6.50. The molecule has 5 nitrogen and oxygen atoms in total. The summed E-state index contributed by atoms with van der Waals surface area (Å²) in [4.78, 5) is 11.8. The fraction of sp³-hybridized carbons (Fsp3) is 0.143. The summed E-state index contributed by atoms with van der Waals surface area (Å²) in [7, 11) is 0. The number of carbonyl (C=O) groups is 1. The third-order valence-electron chi connectivity index (χ3n) is 2.45. The van der Waals surface area contributed by atoms with Gasteiger partial charge >= 0.3 is 0 Å². The summed E-state index contributed by atoms with van der Waals surface area (Å²) in [6.45, 7) is -0.150. The largest absolute Gasteiger partial charge is 0.384 e. The molecule has 0 unspecified atom stereocenters. The number of nitrogens with one attached hydrogen (secondary N) is 1. The minimum absolute atomic E-state index is 0.0805. The SMILES string of the molecule is O=C(NCc1ccon1)c1ccc(C#CCO)cc1F. The van der Waals surface area contributed by atoms with Crippen molar-refractivity contribution in [2.75, 3.05) is 6.61 Å².